The van der Waals surface area contributed by atoms with Gasteiger partial charge in [0.25, 0.3) is 0 Å². The Morgan fingerprint density at radius 1 is 1.50 bits per heavy atom. The zero-order valence-corrected chi connectivity index (χ0v) is 13.0. The Morgan fingerprint density at radius 2 is 2.30 bits per heavy atom. The molecule has 1 aromatic carbocycles. The van der Waals surface area contributed by atoms with Gasteiger partial charge in [0.15, 0.2) is 0 Å². The average Bonchev–Trinajstić information content (AvgIpc) is 2.92. The maximum atomic E-state index is 11.7. The van der Waals surface area contributed by atoms with Gasteiger partial charge < -0.3 is 5.11 Å². The van der Waals surface area contributed by atoms with Gasteiger partial charge in [0.05, 0.1) is 10.6 Å². The van der Waals surface area contributed by atoms with Crippen LogP contribution in [-0.4, -0.2) is 15.9 Å². The van der Waals surface area contributed by atoms with E-state index in [1.807, 2.05) is 25.1 Å². The molecule has 1 aliphatic rings. The monoisotopic (exact) mass is 350 g/mol. The van der Waals surface area contributed by atoms with Gasteiger partial charge >= 0.3 is 4.87 Å². The Morgan fingerprint density at radius 3 is 3.00 bits per heavy atom. The number of aliphatic imine (C=N–C) groups is 1. The number of hydrogen-bond acceptors (Lipinski definition) is 4. The van der Waals surface area contributed by atoms with E-state index in [9.17, 15) is 9.90 Å². The Bertz CT molecular complexity index is 802. The molecule has 1 N–H and O–H groups in total. The molecule has 2 aromatic rings. The second kappa shape index (κ2) is 5.03. The first-order chi connectivity index (χ1) is 9.60. The maximum absolute atomic E-state index is 11.7. The number of aromatic nitrogens is 1. The van der Waals surface area contributed by atoms with Crippen LogP contribution in [0, 0.1) is 0 Å². The van der Waals surface area contributed by atoms with Crippen molar-refractivity contribution in [3.63, 3.8) is 0 Å². The van der Waals surface area contributed by atoms with Crippen LogP contribution in [0.4, 0.5) is 5.69 Å². The standard InChI is InChI=1S/C14H11BrN2O2S/c1-2-17-13(18)12(20-14(17)19)5-8-7-16-11-4-3-9(15)6-10(8)11/h3-7,18H,2H2,1H3/b8-5+. The van der Waals surface area contributed by atoms with Crippen molar-refractivity contribution in [3.05, 3.63) is 42.8 Å². The number of thiazole rings is 1. The molecule has 0 fully saturated rings. The van der Waals surface area contributed by atoms with Gasteiger partial charge in [-0.25, -0.2) is 0 Å². The summed E-state index contributed by atoms with van der Waals surface area (Å²) in [5.74, 6) is 0.0202. The molecule has 6 heteroatoms. The first-order valence-electron chi connectivity index (χ1n) is 6.08. The van der Waals surface area contributed by atoms with Crippen molar-refractivity contribution >= 4 is 50.8 Å². The number of hydrogen-bond donors (Lipinski definition) is 1. The fourth-order valence-corrected chi connectivity index (χ4v) is 3.37. The molecule has 0 atom stereocenters. The van der Waals surface area contributed by atoms with E-state index in [0.29, 0.717) is 11.4 Å². The van der Waals surface area contributed by atoms with Crippen LogP contribution in [0.5, 0.6) is 5.88 Å². The van der Waals surface area contributed by atoms with Crippen LogP contribution in [-0.2, 0) is 6.54 Å². The summed E-state index contributed by atoms with van der Waals surface area (Å²) in [6.07, 6.45) is 3.55. The van der Waals surface area contributed by atoms with Crippen LogP contribution in [0.3, 0.4) is 0 Å². The molecule has 1 aliphatic heterocycles. The minimum atomic E-state index is -0.152. The predicted octanol–water partition coefficient (Wildman–Crippen LogP) is 3.65. The van der Waals surface area contributed by atoms with Crippen LogP contribution in [0.25, 0.3) is 11.6 Å². The highest BCUT2D eigenvalue weighted by Gasteiger charge is 2.16. The molecule has 0 saturated carbocycles. The molecular formula is C14H11BrN2O2S. The summed E-state index contributed by atoms with van der Waals surface area (Å²) in [5, 5.41) is 10.0. The van der Waals surface area contributed by atoms with Gasteiger partial charge in [-0.1, -0.05) is 27.3 Å². The van der Waals surface area contributed by atoms with E-state index < -0.39 is 0 Å². The normalized spacial score (nSPS) is 15.0. The minimum Gasteiger partial charge on any atom is -0.493 e. The third kappa shape index (κ3) is 2.14. The van der Waals surface area contributed by atoms with Gasteiger partial charge in [-0.15, -0.1) is 0 Å². The Kier molecular flexibility index (Phi) is 3.35. The van der Waals surface area contributed by atoms with Gasteiger partial charge in [0.1, 0.15) is 0 Å². The average molecular weight is 351 g/mol. The maximum Gasteiger partial charge on any atom is 0.310 e. The third-order valence-corrected chi connectivity index (χ3v) is 4.52. The third-order valence-electron chi connectivity index (χ3n) is 3.11. The molecule has 0 amide bonds. The minimum absolute atomic E-state index is 0.0202. The number of benzene rings is 1. The molecule has 0 aliphatic carbocycles. The summed E-state index contributed by atoms with van der Waals surface area (Å²) >= 11 is 4.47. The lowest BCUT2D eigenvalue weighted by atomic mass is 10.1. The van der Waals surface area contributed by atoms with Gasteiger partial charge in [-0.2, -0.15) is 0 Å². The van der Waals surface area contributed by atoms with Crippen molar-refractivity contribution < 1.29 is 5.11 Å². The van der Waals surface area contributed by atoms with E-state index in [4.69, 9.17) is 0 Å². The highest BCUT2D eigenvalue weighted by atomic mass is 79.9. The second-order valence-corrected chi connectivity index (χ2v) is 6.23. The van der Waals surface area contributed by atoms with Gasteiger partial charge in [0.2, 0.25) is 5.88 Å². The summed E-state index contributed by atoms with van der Waals surface area (Å²) in [6.45, 7) is 2.29. The number of aromatic hydroxyl groups is 1. The predicted molar refractivity (Wildman–Crippen MR) is 86.1 cm³/mol. The zero-order chi connectivity index (χ0) is 14.3. The van der Waals surface area contributed by atoms with Crippen molar-refractivity contribution in [2.45, 2.75) is 13.5 Å². The van der Waals surface area contributed by atoms with E-state index in [0.717, 1.165) is 32.6 Å². The number of rotatable bonds is 2. The molecule has 0 radical (unpaired) electrons. The second-order valence-electron chi connectivity index (χ2n) is 4.32. The molecular weight excluding hydrogens is 340 g/mol. The summed E-state index contributed by atoms with van der Waals surface area (Å²) in [5.41, 5.74) is 2.77. The number of fused-ring (bicyclic) bond motifs is 1. The van der Waals surface area contributed by atoms with Crippen molar-refractivity contribution in [1.29, 1.82) is 0 Å². The van der Waals surface area contributed by atoms with Gasteiger partial charge in [0, 0.05) is 28.4 Å². The first kappa shape index (κ1) is 13.3. The van der Waals surface area contributed by atoms with Crippen molar-refractivity contribution in [2.24, 2.45) is 4.99 Å². The summed E-state index contributed by atoms with van der Waals surface area (Å²) in [6, 6.07) is 5.84. The van der Waals surface area contributed by atoms with E-state index in [1.165, 1.54) is 4.57 Å². The lowest BCUT2D eigenvalue weighted by Gasteiger charge is -2.01. The van der Waals surface area contributed by atoms with Crippen molar-refractivity contribution in [3.8, 4) is 5.88 Å². The fraction of sp³-hybridized carbons (Fsp3) is 0.143. The smallest absolute Gasteiger partial charge is 0.310 e. The quantitative estimate of drug-likeness (QED) is 0.898. The molecule has 1 aromatic heterocycles. The van der Waals surface area contributed by atoms with E-state index in [2.05, 4.69) is 20.9 Å². The van der Waals surface area contributed by atoms with E-state index in [1.54, 1.807) is 12.3 Å². The van der Waals surface area contributed by atoms with Crippen LogP contribution in [0.1, 0.15) is 17.4 Å². The molecule has 0 spiro atoms. The fourth-order valence-electron chi connectivity index (χ4n) is 2.10. The Hall–Kier alpha value is -1.66. The zero-order valence-electron chi connectivity index (χ0n) is 10.6. The highest BCUT2D eigenvalue weighted by Crippen LogP contribution is 2.36. The number of allylic oxidation sites excluding steroid dienone is 1. The lowest BCUT2D eigenvalue weighted by Crippen LogP contribution is -2.09. The van der Waals surface area contributed by atoms with E-state index >= 15 is 0 Å². The van der Waals surface area contributed by atoms with Crippen LogP contribution in [0.15, 0.2) is 32.5 Å². The van der Waals surface area contributed by atoms with Crippen LogP contribution >= 0.6 is 27.3 Å². The summed E-state index contributed by atoms with van der Waals surface area (Å²) in [4.78, 5) is 16.4. The molecule has 0 unspecified atom stereocenters. The molecule has 0 bridgehead atoms. The van der Waals surface area contributed by atoms with Gasteiger partial charge in [-0.05, 0) is 31.2 Å². The van der Waals surface area contributed by atoms with E-state index in [-0.39, 0.29) is 10.8 Å². The Labute approximate surface area is 127 Å². The lowest BCUT2D eigenvalue weighted by molar-refractivity contribution is 0.417. The topological polar surface area (TPSA) is 54.6 Å². The van der Waals surface area contributed by atoms with Crippen molar-refractivity contribution in [2.75, 3.05) is 0 Å². The largest absolute Gasteiger partial charge is 0.493 e. The molecule has 3 rings (SSSR count). The molecule has 0 saturated heterocycles. The Balaban J connectivity index is 2.11. The van der Waals surface area contributed by atoms with Gasteiger partial charge in [-0.3, -0.25) is 14.4 Å². The number of halogens is 1. The molecule has 4 nitrogen and oxygen atoms in total. The highest BCUT2D eigenvalue weighted by molar-refractivity contribution is 9.10. The number of nitrogens with zero attached hydrogens (tertiary/aromatic N) is 2. The summed E-state index contributed by atoms with van der Waals surface area (Å²) in [7, 11) is 0. The van der Waals surface area contributed by atoms with Crippen molar-refractivity contribution in [1.82, 2.24) is 4.57 Å². The first-order valence-corrected chi connectivity index (χ1v) is 7.69. The van der Waals surface area contributed by atoms with Crippen LogP contribution < -0.4 is 4.87 Å². The van der Waals surface area contributed by atoms with Crippen LogP contribution in [0.2, 0.25) is 0 Å². The summed E-state index contributed by atoms with van der Waals surface area (Å²) < 4.78 is 2.32. The molecule has 102 valence electrons. The molecule has 20 heavy (non-hydrogen) atoms. The SMILES string of the molecule is CCn1c(O)c(/C=C2\C=Nc3ccc(Br)cc32)sc1=O. The molecule has 2 heterocycles.